The molecule has 0 N–H and O–H groups in total. The molecule has 320 valence electrons. The lowest BCUT2D eigenvalue weighted by molar-refractivity contribution is 0.953. The van der Waals surface area contributed by atoms with E-state index in [9.17, 15) is 0 Å². The number of benzene rings is 9. The zero-order valence-electron chi connectivity index (χ0n) is 37.2. The summed E-state index contributed by atoms with van der Waals surface area (Å²) in [6.45, 7) is 0. The average molecular weight is 870 g/mol. The Balaban J connectivity index is 1.15. The highest BCUT2D eigenvalue weighted by atomic mass is 15.2. The van der Waals surface area contributed by atoms with Gasteiger partial charge in [-0.25, -0.2) is 4.98 Å². The number of aromatic nitrogens is 5. The molecule has 0 atom stereocenters. The number of nitrogens with zero attached hydrogens (tertiary/aromatic N) is 5. The molecule has 0 spiro atoms. The van der Waals surface area contributed by atoms with Crippen LogP contribution in [0.1, 0.15) is 18.4 Å². The van der Waals surface area contributed by atoms with Gasteiger partial charge >= 0.3 is 0 Å². The topological polar surface area (TPSA) is 48.5 Å². The predicted molar refractivity (Wildman–Crippen MR) is 282 cm³/mol. The van der Waals surface area contributed by atoms with Crippen LogP contribution >= 0.6 is 0 Å². The molecule has 1 aliphatic rings. The Morgan fingerprint density at radius 1 is 0.324 bits per heavy atom. The van der Waals surface area contributed by atoms with Gasteiger partial charge in [0.2, 0.25) is 5.95 Å². The van der Waals surface area contributed by atoms with Crippen LogP contribution in [0, 0.1) is 0 Å². The summed E-state index contributed by atoms with van der Waals surface area (Å²) in [7, 11) is 0. The third-order valence-electron chi connectivity index (χ3n) is 13.3. The molecule has 9 aromatic carbocycles. The summed E-state index contributed by atoms with van der Waals surface area (Å²) in [5, 5.41) is 4.59. The van der Waals surface area contributed by atoms with Gasteiger partial charge < -0.3 is 4.57 Å². The van der Waals surface area contributed by atoms with E-state index in [2.05, 4.69) is 246 Å². The molecule has 12 aromatic rings. The summed E-state index contributed by atoms with van der Waals surface area (Å²) in [5.41, 5.74) is 16.1. The molecule has 0 amide bonds. The van der Waals surface area contributed by atoms with E-state index in [1.54, 1.807) is 0 Å². The average Bonchev–Trinajstić information content (AvgIpc) is 3.95. The van der Waals surface area contributed by atoms with Crippen LogP contribution in [0.15, 0.2) is 237 Å². The quantitative estimate of drug-likeness (QED) is 0.153. The molecule has 0 fully saturated rings. The van der Waals surface area contributed by atoms with Gasteiger partial charge in [0, 0.05) is 38.4 Å². The summed E-state index contributed by atoms with van der Waals surface area (Å²) in [4.78, 5) is 16.7. The van der Waals surface area contributed by atoms with Gasteiger partial charge in [-0.1, -0.05) is 176 Å². The molecule has 0 radical (unpaired) electrons. The Morgan fingerprint density at radius 2 is 0.750 bits per heavy atom. The van der Waals surface area contributed by atoms with Gasteiger partial charge in [0.1, 0.15) is 0 Å². The molecule has 0 saturated carbocycles. The second-order valence-electron chi connectivity index (χ2n) is 17.5. The van der Waals surface area contributed by atoms with E-state index in [1.165, 1.54) is 11.0 Å². The van der Waals surface area contributed by atoms with Crippen molar-refractivity contribution in [3.63, 3.8) is 0 Å². The third kappa shape index (κ3) is 6.83. The fourth-order valence-electron chi connectivity index (χ4n) is 10.2. The lowest BCUT2D eigenvalue weighted by atomic mass is 9.93. The number of fused-ring (bicyclic) bond motifs is 7. The van der Waals surface area contributed by atoms with Gasteiger partial charge in [-0.15, -0.1) is 0 Å². The zero-order valence-corrected chi connectivity index (χ0v) is 37.2. The van der Waals surface area contributed by atoms with Crippen LogP contribution in [0.2, 0.25) is 0 Å². The third-order valence-corrected chi connectivity index (χ3v) is 13.3. The van der Waals surface area contributed by atoms with E-state index in [-0.39, 0.29) is 0 Å². The highest BCUT2D eigenvalue weighted by Gasteiger charge is 2.24. The minimum Gasteiger partial charge on any atom is -0.307 e. The minimum absolute atomic E-state index is 0.545. The van der Waals surface area contributed by atoms with Gasteiger partial charge in [0.15, 0.2) is 11.6 Å². The molecule has 3 heterocycles. The van der Waals surface area contributed by atoms with E-state index in [1.807, 2.05) is 0 Å². The van der Waals surface area contributed by atoms with Crippen LogP contribution in [0.25, 0.3) is 117 Å². The molecule has 13 rings (SSSR count). The maximum atomic E-state index is 5.61. The minimum atomic E-state index is 0.545. The number of rotatable bonds is 8. The van der Waals surface area contributed by atoms with Gasteiger partial charge in [0.05, 0.1) is 22.1 Å². The smallest absolute Gasteiger partial charge is 0.238 e. The normalized spacial score (nSPS) is 12.6. The molecule has 0 bridgehead atoms. The Labute approximate surface area is 394 Å². The molecule has 5 nitrogen and oxygen atoms in total. The van der Waals surface area contributed by atoms with Gasteiger partial charge in [-0.2, -0.15) is 9.97 Å². The van der Waals surface area contributed by atoms with E-state index in [4.69, 9.17) is 15.0 Å². The first-order valence-electron chi connectivity index (χ1n) is 23.3. The molecule has 3 aromatic heterocycles. The molecule has 68 heavy (non-hydrogen) atoms. The maximum Gasteiger partial charge on any atom is 0.238 e. The second kappa shape index (κ2) is 16.5. The van der Waals surface area contributed by atoms with Gasteiger partial charge in [0.25, 0.3) is 0 Å². The number of hydrogen-bond acceptors (Lipinski definition) is 3. The van der Waals surface area contributed by atoms with Crippen molar-refractivity contribution in [1.29, 1.82) is 0 Å². The van der Waals surface area contributed by atoms with Crippen LogP contribution in [0.3, 0.4) is 0 Å². The Bertz CT molecular complexity index is 3880. The lowest BCUT2D eigenvalue weighted by Crippen LogP contribution is -2.07. The molecule has 0 aliphatic heterocycles. The summed E-state index contributed by atoms with van der Waals surface area (Å²) in [6.07, 6.45) is 8.90. The van der Waals surface area contributed by atoms with Gasteiger partial charge in [-0.3, -0.25) is 4.57 Å². The van der Waals surface area contributed by atoms with E-state index in [0.717, 1.165) is 107 Å². The van der Waals surface area contributed by atoms with Crippen molar-refractivity contribution in [3.05, 3.63) is 242 Å². The van der Waals surface area contributed by atoms with Crippen LogP contribution < -0.4 is 0 Å². The highest BCUT2D eigenvalue weighted by Crippen LogP contribution is 2.42. The first-order valence-corrected chi connectivity index (χ1v) is 23.3. The Hall–Kier alpha value is -8.93. The molecule has 0 saturated heterocycles. The van der Waals surface area contributed by atoms with Crippen LogP contribution in [-0.2, 0) is 0 Å². The molecule has 1 aliphatic carbocycles. The second-order valence-corrected chi connectivity index (χ2v) is 17.5. The highest BCUT2D eigenvalue weighted by molar-refractivity contribution is 6.23. The fourth-order valence-corrected chi connectivity index (χ4v) is 10.2. The van der Waals surface area contributed by atoms with E-state index < -0.39 is 0 Å². The van der Waals surface area contributed by atoms with E-state index >= 15 is 0 Å². The number of para-hydroxylation sites is 3. The summed E-state index contributed by atoms with van der Waals surface area (Å²) in [5.74, 6) is 1.73. The predicted octanol–water partition coefficient (Wildman–Crippen LogP) is 16.1. The molecular weight excluding hydrogens is 827 g/mol. The Morgan fingerprint density at radius 3 is 1.26 bits per heavy atom. The van der Waals surface area contributed by atoms with Crippen molar-refractivity contribution in [1.82, 2.24) is 24.1 Å². The SMILES string of the molecule is C1=CC(c2cc(-c3ccccc3)cc(-c3nc(-c4cc(-c5ccccc5)cc(-c5ccccc5)c4)nc(-n4c5ccccc5c5ccc6c7ccccc7n(-c7ccccc7)c6c54)n3)c2)=CCC1. The fraction of sp³-hybridized carbons (Fsp3) is 0.0317. The number of allylic oxidation sites excluding steroid dienone is 4. The van der Waals surface area contributed by atoms with Gasteiger partial charge in [-0.05, 0) is 118 Å². The summed E-state index contributed by atoms with van der Waals surface area (Å²) >= 11 is 0. The van der Waals surface area contributed by atoms with Crippen molar-refractivity contribution in [2.24, 2.45) is 0 Å². The standard InChI is InChI=1S/C63H43N5/c1-6-20-42(21-7-1)46-36-47(43-22-8-2-9-23-43)39-50(38-46)61-64-62(51-40-48(44-24-10-3-11-25-44)37-49(41-51)45-26-12-4-13-27-45)66-63(65-61)68-58-33-19-17-31-54(58)56-35-34-55-53-30-16-18-32-57(53)67(59(55)60(56)68)52-28-14-5-15-29-52/h1-3,5-12,14-41H,4,13H2. The molecular formula is C63H43N5. The first-order chi connectivity index (χ1) is 33.7. The zero-order chi connectivity index (χ0) is 45.0. The van der Waals surface area contributed by atoms with Crippen molar-refractivity contribution in [2.45, 2.75) is 12.8 Å². The van der Waals surface area contributed by atoms with E-state index in [0.29, 0.717) is 17.6 Å². The first kappa shape index (κ1) is 39.4. The lowest BCUT2D eigenvalue weighted by Gasteiger charge is -2.16. The summed E-state index contributed by atoms with van der Waals surface area (Å²) < 4.78 is 4.69. The van der Waals surface area contributed by atoms with Crippen molar-refractivity contribution >= 4 is 49.2 Å². The van der Waals surface area contributed by atoms with Crippen molar-refractivity contribution in [3.8, 4) is 67.8 Å². The largest absolute Gasteiger partial charge is 0.307 e. The van der Waals surface area contributed by atoms with Crippen molar-refractivity contribution in [2.75, 3.05) is 0 Å². The van der Waals surface area contributed by atoms with Crippen molar-refractivity contribution < 1.29 is 0 Å². The Kier molecular flexibility index (Phi) is 9.57. The molecule has 5 heteroatoms. The monoisotopic (exact) mass is 869 g/mol. The number of hydrogen-bond donors (Lipinski definition) is 0. The molecule has 0 unspecified atom stereocenters. The maximum absolute atomic E-state index is 5.61. The van der Waals surface area contributed by atoms with Crippen LogP contribution in [-0.4, -0.2) is 24.1 Å². The van der Waals surface area contributed by atoms with Crippen LogP contribution in [0.4, 0.5) is 0 Å². The summed E-state index contributed by atoms with van der Waals surface area (Å²) in [6, 6.07) is 77.9. The van der Waals surface area contributed by atoms with Crippen LogP contribution in [0.5, 0.6) is 0 Å².